The third kappa shape index (κ3) is 2.21. The second kappa shape index (κ2) is 4.29. The summed E-state index contributed by atoms with van der Waals surface area (Å²) in [6, 6.07) is 3.36. The van der Waals surface area contributed by atoms with Gasteiger partial charge in [0.05, 0.1) is 0 Å². The molecule has 0 aliphatic rings. The zero-order valence-corrected chi connectivity index (χ0v) is 10.8. The molecule has 0 radical (unpaired) electrons. The molecule has 0 saturated carbocycles. The lowest BCUT2D eigenvalue weighted by molar-refractivity contribution is -0.132. The van der Waals surface area contributed by atoms with E-state index in [1.54, 1.807) is 18.3 Å². The molecule has 0 spiro atoms. The van der Waals surface area contributed by atoms with E-state index in [0.29, 0.717) is 5.65 Å². The number of ether oxygens (including phenoxy) is 1. The number of rotatable bonds is 1. The van der Waals surface area contributed by atoms with Gasteiger partial charge in [-0.05, 0) is 22.0 Å². The second-order valence-electron chi connectivity index (χ2n) is 3.48. The van der Waals surface area contributed by atoms with Crippen LogP contribution >= 0.6 is 15.9 Å². The van der Waals surface area contributed by atoms with Gasteiger partial charge in [-0.25, -0.2) is 0 Å². The zero-order chi connectivity index (χ0) is 12.6. The van der Waals surface area contributed by atoms with Gasteiger partial charge in [0.15, 0.2) is 5.65 Å². The second-order valence-corrected chi connectivity index (χ2v) is 4.33. The van der Waals surface area contributed by atoms with Crippen molar-refractivity contribution in [3.8, 4) is 5.88 Å². The summed E-state index contributed by atoms with van der Waals surface area (Å²) in [7, 11) is 0. The Morgan fingerprint density at radius 1 is 1.41 bits per heavy atom. The molecule has 0 atom stereocenters. The number of esters is 1. The molecule has 0 aromatic carbocycles. The zero-order valence-electron chi connectivity index (χ0n) is 9.23. The van der Waals surface area contributed by atoms with E-state index in [1.807, 2.05) is 0 Å². The number of nitrogens with zero attached hydrogens (tertiary/aromatic N) is 2. The summed E-state index contributed by atoms with van der Waals surface area (Å²) >= 11 is 3.34. The number of pyridine rings is 1. The molecule has 2 aromatic rings. The molecule has 0 amide bonds. The maximum absolute atomic E-state index is 11.4. The number of hydrogen-bond acceptors (Lipinski definition) is 4. The SMILES string of the molecule is CC(=O)Oc1cc(Br)c2ccn(C(C)=O)c2n1. The minimum Gasteiger partial charge on any atom is -0.408 e. The van der Waals surface area contributed by atoms with Crippen LogP contribution in [0.1, 0.15) is 18.6 Å². The van der Waals surface area contributed by atoms with Gasteiger partial charge in [-0.2, -0.15) is 4.98 Å². The van der Waals surface area contributed by atoms with Crippen molar-refractivity contribution < 1.29 is 14.3 Å². The van der Waals surface area contributed by atoms with Crippen LogP contribution in [0.15, 0.2) is 22.8 Å². The van der Waals surface area contributed by atoms with E-state index in [2.05, 4.69) is 20.9 Å². The number of carbonyl (C=O) groups excluding carboxylic acids is 2. The fraction of sp³-hybridized carbons (Fsp3) is 0.182. The summed E-state index contributed by atoms with van der Waals surface area (Å²) < 4.78 is 7.02. The summed E-state index contributed by atoms with van der Waals surface area (Å²) in [6.45, 7) is 2.73. The highest BCUT2D eigenvalue weighted by Crippen LogP contribution is 2.27. The Bertz CT molecular complexity index is 618. The molecule has 2 heterocycles. The monoisotopic (exact) mass is 296 g/mol. The first-order valence-electron chi connectivity index (χ1n) is 4.86. The molecule has 5 nitrogen and oxygen atoms in total. The largest absolute Gasteiger partial charge is 0.408 e. The lowest BCUT2D eigenvalue weighted by atomic mass is 10.3. The van der Waals surface area contributed by atoms with Crippen LogP contribution in [-0.2, 0) is 4.79 Å². The molecule has 0 fully saturated rings. The maximum atomic E-state index is 11.4. The first-order chi connectivity index (χ1) is 7.99. The predicted octanol–water partition coefficient (Wildman–Crippen LogP) is 2.38. The van der Waals surface area contributed by atoms with Crippen LogP contribution in [0.4, 0.5) is 0 Å². The Morgan fingerprint density at radius 2 is 2.12 bits per heavy atom. The average Bonchev–Trinajstić information content (AvgIpc) is 2.60. The lowest BCUT2D eigenvalue weighted by Crippen LogP contribution is -2.07. The van der Waals surface area contributed by atoms with Crippen molar-refractivity contribution in [3.05, 3.63) is 22.8 Å². The molecule has 6 heteroatoms. The fourth-order valence-corrected chi connectivity index (χ4v) is 2.01. The summed E-state index contributed by atoms with van der Waals surface area (Å²) in [5, 5.41) is 0.788. The van der Waals surface area contributed by atoms with Gasteiger partial charge >= 0.3 is 5.97 Å². The standard InChI is InChI=1S/C11H9BrN2O3/c1-6(15)14-4-3-8-9(12)5-10(13-11(8)14)17-7(2)16/h3-5H,1-2H3. The molecule has 0 unspecified atom stereocenters. The molecule has 0 aliphatic heterocycles. The van der Waals surface area contributed by atoms with Gasteiger partial charge in [-0.15, -0.1) is 0 Å². The van der Waals surface area contributed by atoms with Gasteiger partial charge in [0.1, 0.15) is 0 Å². The van der Waals surface area contributed by atoms with Gasteiger partial charge < -0.3 is 4.74 Å². The van der Waals surface area contributed by atoms with Crippen molar-refractivity contribution in [2.75, 3.05) is 0 Å². The van der Waals surface area contributed by atoms with Crippen LogP contribution in [-0.4, -0.2) is 21.4 Å². The van der Waals surface area contributed by atoms with Crippen molar-refractivity contribution in [2.45, 2.75) is 13.8 Å². The van der Waals surface area contributed by atoms with E-state index in [4.69, 9.17) is 4.74 Å². The van der Waals surface area contributed by atoms with Crippen LogP contribution in [0, 0.1) is 0 Å². The van der Waals surface area contributed by atoms with E-state index >= 15 is 0 Å². The van der Waals surface area contributed by atoms with E-state index in [9.17, 15) is 9.59 Å². The molecule has 17 heavy (non-hydrogen) atoms. The molecule has 0 bridgehead atoms. The van der Waals surface area contributed by atoms with Crippen molar-refractivity contribution in [2.24, 2.45) is 0 Å². The summed E-state index contributed by atoms with van der Waals surface area (Å²) in [5.74, 6) is -0.442. The van der Waals surface area contributed by atoms with Crippen LogP contribution in [0.25, 0.3) is 11.0 Å². The third-order valence-electron chi connectivity index (χ3n) is 2.17. The smallest absolute Gasteiger partial charge is 0.309 e. The van der Waals surface area contributed by atoms with Crippen LogP contribution < -0.4 is 4.74 Å². The summed E-state index contributed by atoms with van der Waals surface area (Å²) in [6.07, 6.45) is 1.63. The fourth-order valence-electron chi connectivity index (χ4n) is 1.50. The molecular weight excluding hydrogens is 288 g/mol. The first-order valence-corrected chi connectivity index (χ1v) is 5.65. The highest BCUT2D eigenvalue weighted by atomic mass is 79.9. The number of aromatic nitrogens is 2. The Morgan fingerprint density at radius 3 is 2.71 bits per heavy atom. The molecule has 0 saturated heterocycles. The van der Waals surface area contributed by atoms with Crippen molar-refractivity contribution in [1.29, 1.82) is 0 Å². The summed E-state index contributed by atoms with van der Waals surface area (Å²) in [5.41, 5.74) is 0.461. The number of hydrogen-bond donors (Lipinski definition) is 0. The lowest BCUT2D eigenvalue weighted by Gasteiger charge is -2.04. The van der Waals surface area contributed by atoms with Gasteiger partial charge in [0.25, 0.3) is 0 Å². The third-order valence-corrected chi connectivity index (χ3v) is 2.83. The molecule has 2 rings (SSSR count). The first kappa shape index (κ1) is 11.8. The van der Waals surface area contributed by atoms with Crippen LogP contribution in [0.3, 0.4) is 0 Å². The van der Waals surface area contributed by atoms with E-state index in [-0.39, 0.29) is 11.8 Å². The van der Waals surface area contributed by atoms with Gasteiger partial charge in [0, 0.05) is 36.0 Å². The minimum atomic E-state index is -0.454. The average molecular weight is 297 g/mol. The van der Waals surface area contributed by atoms with E-state index < -0.39 is 5.97 Å². The van der Waals surface area contributed by atoms with Gasteiger partial charge in [0.2, 0.25) is 11.8 Å². The summed E-state index contributed by atoms with van der Waals surface area (Å²) in [4.78, 5) is 26.4. The molecule has 0 aliphatic carbocycles. The Kier molecular flexibility index (Phi) is 2.97. The number of carbonyl (C=O) groups is 2. The normalized spacial score (nSPS) is 10.5. The Balaban J connectivity index is 2.64. The van der Waals surface area contributed by atoms with Gasteiger partial charge in [-0.1, -0.05) is 0 Å². The van der Waals surface area contributed by atoms with Gasteiger partial charge in [-0.3, -0.25) is 14.2 Å². The Labute approximate surface area is 106 Å². The molecular formula is C11H9BrN2O3. The van der Waals surface area contributed by atoms with Crippen LogP contribution in [0.2, 0.25) is 0 Å². The topological polar surface area (TPSA) is 61.2 Å². The highest BCUT2D eigenvalue weighted by molar-refractivity contribution is 9.10. The van der Waals surface area contributed by atoms with Crippen LogP contribution in [0.5, 0.6) is 5.88 Å². The van der Waals surface area contributed by atoms with Crippen molar-refractivity contribution >= 4 is 38.8 Å². The number of halogens is 1. The van der Waals surface area contributed by atoms with E-state index in [0.717, 1.165) is 9.86 Å². The molecule has 88 valence electrons. The minimum absolute atomic E-state index is 0.153. The highest BCUT2D eigenvalue weighted by Gasteiger charge is 2.12. The van der Waals surface area contributed by atoms with E-state index in [1.165, 1.54) is 18.4 Å². The molecule has 2 aromatic heterocycles. The van der Waals surface area contributed by atoms with Crippen molar-refractivity contribution in [1.82, 2.24) is 9.55 Å². The molecule has 0 N–H and O–H groups in total. The quantitative estimate of drug-likeness (QED) is 0.758. The maximum Gasteiger partial charge on any atom is 0.309 e. The van der Waals surface area contributed by atoms with Crippen molar-refractivity contribution in [3.63, 3.8) is 0 Å². The predicted molar refractivity (Wildman–Crippen MR) is 65.0 cm³/mol. The number of fused-ring (bicyclic) bond motifs is 1. The Hall–Kier alpha value is -1.69.